The number of aliphatic carboxylic acids is 1. The molecule has 4 aromatic rings. The summed E-state index contributed by atoms with van der Waals surface area (Å²) in [5.74, 6) is 0.306. The highest BCUT2D eigenvalue weighted by molar-refractivity contribution is 6.10. The summed E-state index contributed by atoms with van der Waals surface area (Å²) in [6, 6.07) is 20.8. The Kier molecular flexibility index (Phi) is 9.42. The van der Waals surface area contributed by atoms with E-state index < -0.39 is 42.8 Å². The standard InChI is InChI=1S/C30H34N2O10/c1-38-21-10-4-5-11-22(21)39-14-13-31-15-17(41-30-27(35)25(33)26(34)28(42-30)29(36)37)16-40-23-12-6-9-20-24(23)18-7-2-3-8-19(18)32-20/h2-12,17,25-28,30-35H,13-16H2,1H3,(H,36,37)/t17?,25-,26-,27+,28?,30+/m0/s1. The van der Waals surface area contributed by atoms with E-state index in [1.165, 1.54) is 0 Å². The summed E-state index contributed by atoms with van der Waals surface area (Å²) in [5, 5.41) is 45.3. The van der Waals surface area contributed by atoms with Crippen LogP contribution in [0.2, 0.25) is 0 Å². The predicted octanol–water partition coefficient (Wildman–Crippen LogP) is 1.65. The molecule has 3 aromatic carbocycles. The number of aromatic nitrogens is 1. The van der Waals surface area contributed by atoms with Crippen LogP contribution in [-0.4, -0.2) is 102 Å². The lowest BCUT2D eigenvalue weighted by Crippen LogP contribution is -2.61. The van der Waals surface area contributed by atoms with Gasteiger partial charge in [-0.2, -0.15) is 0 Å². The normalized spacial score (nSPS) is 23.1. The third kappa shape index (κ3) is 6.44. The van der Waals surface area contributed by atoms with E-state index in [9.17, 15) is 25.2 Å². The number of carbonyl (C=O) groups is 1. The number of H-pyrrole nitrogens is 1. The van der Waals surface area contributed by atoms with E-state index in [0.29, 0.717) is 30.4 Å². The van der Waals surface area contributed by atoms with E-state index in [2.05, 4.69) is 10.3 Å². The molecule has 2 heterocycles. The monoisotopic (exact) mass is 582 g/mol. The summed E-state index contributed by atoms with van der Waals surface area (Å²) in [6.07, 6.45) is -9.38. The number of ether oxygens (including phenoxy) is 5. The van der Waals surface area contributed by atoms with Crippen molar-refractivity contribution >= 4 is 27.8 Å². The molecule has 6 atom stereocenters. The van der Waals surface area contributed by atoms with Crippen molar-refractivity contribution in [3.63, 3.8) is 0 Å². The molecule has 42 heavy (non-hydrogen) atoms. The molecule has 12 nitrogen and oxygen atoms in total. The van der Waals surface area contributed by atoms with Gasteiger partial charge in [0.05, 0.1) is 12.6 Å². The molecule has 1 aliphatic rings. The predicted molar refractivity (Wildman–Crippen MR) is 152 cm³/mol. The van der Waals surface area contributed by atoms with Gasteiger partial charge in [0.15, 0.2) is 23.9 Å². The van der Waals surface area contributed by atoms with Gasteiger partial charge in [-0.15, -0.1) is 0 Å². The van der Waals surface area contributed by atoms with Gasteiger partial charge in [0, 0.05) is 29.4 Å². The average molecular weight is 583 g/mol. The van der Waals surface area contributed by atoms with Gasteiger partial charge >= 0.3 is 5.97 Å². The Morgan fingerprint density at radius 2 is 1.62 bits per heavy atom. The number of carboxylic acids is 1. The summed E-state index contributed by atoms with van der Waals surface area (Å²) < 4.78 is 28.6. The number of para-hydroxylation sites is 3. The van der Waals surface area contributed by atoms with Gasteiger partial charge in [0.25, 0.3) is 0 Å². The summed E-state index contributed by atoms with van der Waals surface area (Å²) in [7, 11) is 1.56. The van der Waals surface area contributed by atoms with Crippen molar-refractivity contribution in [2.24, 2.45) is 0 Å². The zero-order valence-corrected chi connectivity index (χ0v) is 22.9. The number of fused-ring (bicyclic) bond motifs is 3. The van der Waals surface area contributed by atoms with E-state index in [4.69, 9.17) is 23.7 Å². The molecule has 0 saturated carbocycles. The summed E-state index contributed by atoms with van der Waals surface area (Å²) in [4.78, 5) is 14.9. The topological polar surface area (TPSA) is 172 Å². The molecule has 0 amide bonds. The van der Waals surface area contributed by atoms with Gasteiger partial charge in [-0.1, -0.05) is 36.4 Å². The first-order valence-corrected chi connectivity index (χ1v) is 13.5. The number of aliphatic hydroxyl groups excluding tert-OH is 3. The van der Waals surface area contributed by atoms with Crippen LogP contribution in [0.1, 0.15) is 0 Å². The third-order valence-electron chi connectivity index (χ3n) is 7.03. The van der Waals surface area contributed by atoms with Gasteiger partial charge < -0.3 is 54.4 Å². The van der Waals surface area contributed by atoms with Gasteiger partial charge in [0.1, 0.15) is 43.4 Å². The molecule has 0 aliphatic carbocycles. The molecule has 2 unspecified atom stereocenters. The highest BCUT2D eigenvalue weighted by atomic mass is 16.7. The maximum Gasteiger partial charge on any atom is 0.335 e. The van der Waals surface area contributed by atoms with Crippen LogP contribution in [0, 0.1) is 0 Å². The van der Waals surface area contributed by atoms with E-state index in [1.807, 2.05) is 54.6 Å². The number of benzene rings is 3. The van der Waals surface area contributed by atoms with Crippen LogP contribution in [0.15, 0.2) is 66.7 Å². The first-order chi connectivity index (χ1) is 20.4. The maximum atomic E-state index is 11.6. The molecule has 0 radical (unpaired) electrons. The fraction of sp³-hybridized carbons (Fsp3) is 0.367. The number of nitrogens with one attached hydrogen (secondary N) is 2. The molecule has 12 heteroatoms. The Morgan fingerprint density at radius 1 is 0.905 bits per heavy atom. The number of carboxylic acid groups (broad SMARTS) is 1. The van der Waals surface area contributed by atoms with Crippen molar-refractivity contribution in [3.8, 4) is 17.2 Å². The van der Waals surface area contributed by atoms with Gasteiger partial charge in [-0.05, 0) is 30.3 Å². The lowest BCUT2D eigenvalue weighted by atomic mass is 9.99. The minimum Gasteiger partial charge on any atom is -0.493 e. The van der Waals surface area contributed by atoms with Crippen LogP contribution in [0.4, 0.5) is 0 Å². The number of aliphatic hydroxyl groups is 3. The second-order valence-electron chi connectivity index (χ2n) is 9.86. The lowest BCUT2D eigenvalue weighted by molar-refractivity contribution is -0.305. The van der Waals surface area contributed by atoms with Gasteiger partial charge in [0.2, 0.25) is 0 Å². The van der Waals surface area contributed by atoms with Crippen molar-refractivity contribution in [3.05, 3.63) is 66.7 Å². The third-order valence-corrected chi connectivity index (χ3v) is 7.03. The fourth-order valence-electron chi connectivity index (χ4n) is 4.91. The highest BCUT2D eigenvalue weighted by Gasteiger charge is 2.48. The van der Waals surface area contributed by atoms with Gasteiger partial charge in [-0.3, -0.25) is 0 Å². The molecule has 5 rings (SSSR count). The van der Waals surface area contributed by atoms with E-state index in [-0.39, 0.29) is 13.2 Å². The first kappa shape index (κ1) is 29.6. The second kappa shape index (κ2) is 13.4. The van der Waals surface area contributed by atoms with Crippen molar-refractivity contribution in [1.82, 2.24) is 10.3 Å². The molecule has 6 N–H and O–H groups in total. The largest absolute Gasteiger partial charge is 0.493 e. The van der Waals surface area contributed by atoms with Crippen LogP contribution in [0.25, 0.3) is 21.8 Å². The summed E-state index contributed by atoms with van der Waals surface area (Å²) in [6.45, 7) is 0.893. The molecule has 1 aliphatic heterocycles. The number of hydrogen-bond donors (Lipinski definition) is 6. The Labute approximate surface area is 241 Å². The Morgan fingerprint density at radius 3 is 2.40 bits per heavy atom. The summed E-state index contributed by atoms with van der Waals surface area (Å²) >= 11 is 0. The average Bonchev–Trinajstić information content (AvgIpc) is 3.39. The highest BCUT2D eigenvalue weighted by Crippen LogP contribution is 2.33. The number of aromatic amines is 1. The van der Waals surface area contributed by atoms with Crippen LogP contribution in [-0.2, 0) is 14.3 Å². The van der Waals surface area contributed by atoms with E-state index in [0.717, 1.165) is 21.8 Å². The Bertz CT molecular complexity index is 1490. The van der Waals surface area contributed by atoms with Crippen LogP contribution >= 0.6 is 0 Å². The van der Waals surface area contributed by atoms with Crippen molar-refractivity contribution in [2.75, 3.05) is 33.4 Å². The zero-order chi connectivity index (χ0) is 29.6. The SMILES string of the molecule is COc1ccccc1OCCNCC(COc1cccc2[nH]c3ccccc3c12)O[C@@H]1OC(C(=O)O)[C@@H](O)[C@H](O)[C@H]1O. The molecule has 1 fully saturated rings. The zero-order valence-electron chi connectivity index (χ0n) is 22.9. The minimum absolute atomic E-state index is 0.0120. The van der Waals surface area contributed by atoms with E-state index in [1.54, 1.807) is 19.2 Å². The molecule has 1 saturated heterocycles. The first-order valence-electron chi connectivity index (χ1n) is 13.5. The van der Waals surface area contributed by atoms with Crippen molar-refractivity contribution in [2.45, 2.75) is 36.8 Å². The quantitative estimate of drug-likeness (QED) is 0.127. The molecular weight excluding hydrogens is 548 g/mol. The van der Waals surface area contributed by atoms with Crippen molar-refractivity contribution in [1.29, 1.82) is 0 Å². The fourth-order valence-corrected chi connectivity index (χ4v) is 4.91. The summed E-state index contributed by atoms with van der Waals surface area (Å²) in [5.41, 5.74) is 1.85. The molecular formula is C30H34N2O10. The number of hydrogen-bond acceptors (Lipinski definition) is 10. The van der Waals surface area contributed by atoms with Crippen LogP contribution in [0.3, 0.4) is 0 Å². The molecule has 1 aromatic heterocycles. The molecule has 0 spiro atoms. The Balaban J connectivity index is 1.28. The lowest BCUT2D eigenvalue weighted by Gasteiger charge is -2.39. The van der Waals surface area contributed by atoms with Crippen LogP contribution < -0.4 is 19.5 Å². The van der Waals surface area contributed by atoms with E-state index >= 15 is 0 Å². The molecule has 0 bridgehead atoms. The maximum absolute atomic E-state index is 11.6. The number of rotatable bonds is 13. The van der Waals surface area contributed by atoms with Crippen LogP contribution in [0.5, 0.6) is 17.2 Å². The minimum atomic E-state index is -1.82. The smallest absolute Gasteiger partial charge is 0.335 e. The molecule has 224 valence electrons. The Hall–Kier alpha value is -3.91. The second-order valence-corrected chi connectivity index (χ2v) is 9.86. The van der Waals surface area contributed by atoms with Gasteiger partial charge in [-0.25, -0.2) is 4.79 Å². The number of methoxy groups -OCH3 is 1. The van der Waals surface area contributed by atoms with Crippen molar-refractivity contribution < 1.29 is 48.9 Å².